The van der Waals surface area contributed by atoms with Gasteiger partial charge in [-0.15, -0.1) is 22.9 Å². The smallest absolute Gasteiger partial charge is 0.235 e. The van der Waals surface area contributed by atoms with Crippen molar-refractivity contribution in [3.8, 4) is 0 Å². The molecule has 60 valence electrons. The van der Waals surface area contributed by atoms with E-state index in [-0.39, 0.29) is 11.8 Å². The maximum absolute atomic E-state index is 10.6. The van der Waals surface area contributed by atoms with Crippen LogP contribution in [0.3, 0.4) is 0 Å². The lowest BCUT2D eigenvalue weighted by Gasteiger charge is -1.97. The van der Waals surface area contributed by atoms with Crippen LogP contribution in [0.2, 0.25) is 0 Å². The Balaban J connectivity index is 2.29. The first kappa shape index (κ1) is 8.49. The highest BCUT2D eigenvalue weighted by atomic mass is 35.5. The van der Waals surface area contributed by atoms with E-state index in [9.17, 15) is 4.79 Å². The minimum Gasteiger partial charge on any atom is -0.349 e. The molecule has 1 aromatic rings. The topological polar surface area (TPSA) is 42.0 Å². The Kier molecular flexibility index (Phi) is 3.32. The van der Waals surface area contributed by atoms with Gasteiger partial charge in [-0.25, -0.2) is 4.98 Å². The predicted molar refractivity (Wildman–Crippen MR) is 44.7 cm³/mol. The van der Waals surface area contributed by atoms with Crippen LogP contribution in [0.1, 0.15) is 5.69 Å². The maximum Gasteiger partial charge on any atom is 0.235 e. The molecular formula is C6H7ClN2OS. The molecular weight excluding hydrogens is 184 g/mol. The van der Waals surface area contributed by atoms with Crippen molar-refractivity contribution in [2.24, 2.45) is 0 Å². The third kappa shape index (κ3) is 2.86. The second-order valence-electron chi connectivity index (χ2n) is 1.89. The summed E-state index contributed by atoms with van der Waals surface area (Å²) in [7, 11) is 0. The van der Waals surface area contributed by atoms with Gasteiger partial charge in [0, 0.05) is 5.38 Å². The van der Waals surface area contributed by atoms with Crippen LogP contribution >= 0.6 is 22.9 Å². The number of thiazole rings is 1. The van der Waals surface area contributed by atoms with Crippen LogP contribution in [0.5, 0.6) is 0 Å². The maximum atomic E-state index is 10.6. The summed E-state index contributed by atoms with van der Waals surface area (Å²) in [4.78, 5) is 14.6. The van der Waals surface area contributed by atoms with Crippen LogP contribution in [0, 0.1) is 0 Å². The van der Waals surface area contributed by atoms with Gasteiger partial charge in [-0.3, -0.25) is 4.79 Å². The Morgan fingerprint density at radius 3 is 3.18 bits per heavy atom. The van der Waals surface area contributed by atoms with Crippen molar-refractivity contribution in [1.29, 1.82) is 0 Å². The number of aromatic nitrogens is 1. The number of halogens is 1. The first-order valence-electron chi connectivity index (χ1n) is 3.02. The molecule has 0 radical (unpaired) electrons. The molecule has 1 rings (SSSR count). The van der Waals surface area contributed by atoms with E-state index in [0.29, 0.717) is 6.54 Å². The highest BCUT2D eigenvalue weighted by Crippen LogP contribution is 1.99. The molecule has 1 amide bonds. The molecule has 0 aromatic carbocycles. The normalized spacial score (nSPS) is 9.55. The summed E-state index contributed by atoms with van der Waals surface area (Å²) in [6, 6.07) is 0. The van der Waals surface area contributed by atoms with Crippen molar-refractivity contribution in [3.63, 3.8) is 0 Å². The second kappa shape index (κ2) is 4.31. The number of hydrogen-bond donors (Lipinski definition) is 1. The molecule has 3 nitrogen and oxygen atoms in total. The molecule has 0 saturated carbocycles. The van der Waals surface area contributed by atoms with E-state index in [1.54, 1.807) is 5.51 Å². The highest BCUT2D eigenvalue weighted by Gasteiger charge is 1.98. The Hall–Kier alpha value is -0.610. The largest absolute Gasteiger partial charge is 0.349 e. The van der Waals surface area contributed by atoms with Crippen molar-refractivity contribution in [3.05, 3.63) is 16.6 Å². The van der Waals surface area contributed by atoms with Gasteiger partial charge in [0.1, 0.15) is 5.88 Å². The van der Waals surface area contributed by atoms with Crippen LogP contribution in [0.4, 0.5) is 0 Å². The van der Waals surface area contributed by atoms with Gasteiger partial charge in [0.2, 0.25) is 5.91 Å². The van der Waals surface area contributed by atoms with Crippen LogP contribution in [0.15, 0.2) is 10.9 Å². The lowest BCUT2D eigenvalue weighted by atomic mass is 10.5. The van der Waals surface area contributed by atoms with Crippen molar-refractivity contribution in [2.75, 3.05) is 5.88 Å². The average Bonchev–Trinajstić information content (AvgIpc) is 2.52. The van der Waals surface area contributed by atoms with Crippen LogP contribution in [0.25, 0.3) is 0 Å². The number of alkyl halides is 1. The van der Waals surface area contributed by atoms with Crippen LogP contribution < -0.4 is 5.32 Å². The Morgan fingerprint density at radius 1 is 1.82 bits per heavy atom. The number of rotatable bonds is 3. The first-order valence-corrected chi connectivity index (χ1v) is 4.50. The zero-order chi connectivity index (χ0) is 8.10. The van der Waals surface area contributed by atoms with Crippen LogP contribution in [-0.2, 0) is 11.3 Å². The summed E-state index contributed by atoms with van der Waals surface area (Å²) < 4.78 is 0. The van der Waals surface area contributed by atoms with Gasteiger partial charge in [-0.05, 0) is 0 Å². The number of nitrogens with one attached hydrogen (secondary N) is 1. The van der Waals surface area contributed by atoms with E-state index in [1.807, 2.05) is 5.38 Å². The lowest BCUT2D eigenvalue weighted by Crippen LogP contribution is -2.23. The molecule has 1 N–H and O–H groups in total. The number of carbonyl (C=O) groups is 1. The molecule has 0 fully saturated rings. The van der Waals surface area contributed by atoms with Gasteiger partial charge in [0.05, 0.1) is 17.7 Å². The van der Waals surface area contributed by atoms with E-state index < -0.39 is 0 Å². The van der Waals surface area contributed by atoms with Crippen LogP contribution in [-0.4, -0.2) is 16.8 Å². The monoisotopic (exact) mass is 190 g/mol. The fourth-order valence-corrected chi connectivity index (χ4v) is 1.21. The van der Waals surface area contributed by atoms with E-state index in [0.717, 1.165) is 5.69 Å². The number of nitrogens with zero attached hydrogens (tertiary/aromatic N) is 1. The SMILES string of the molecule is O=C(CCl)NCc1cscn1. The molecule has 5 heteroatoms. The summed E-state index contributed by atoms with van der Waals surface area (Å²) >= 11 is 6.77. The summed E-state index contributed by atoms with van der Waals surface area (Å²) in [5.74, 6) is -0.163. The predicted octanol–water partition coefficient (Wildman–Crippen LogP) is 0.998. The molecule has 0 atom stereocenters. The quantitative estimate of drug-likeness (QED) is 0.723. The van der Waals surface area contributed by atoms with Crippen molar-refractivity contribution >= 4 is 28.8 Å². The van der Waals surface area contributed by atoms with Gasteiger partial charge in [-0.1, -0.05) is 0 Å². The van der Waals surface area contributed by atoms with Gasteiger partial charge in [-0.2, -0.15) is 0 Å². The summed E-state index contributed by atoms with van der Waals surface area (Å²) in [6.45, 7) is 0.467. The average molecular weight is 191 g/mol. The molecule has 0 unspecified atom stereocenters. The highest BCUT2D eigenvalue weighted by molar-refractivity contribution is 7.07. The summed E-state index contributed by atoms with van der Waals surface area (Å²) in [5.41, 5.74) is 2.59. The molecule has 0 aliphatic heterocycles. The third-order valence-electron chi connectivity index (χ3n) is 1.07. The standard InChI is InChI=1S/C6H7ClN2OS/c7-1-6(10)8-2-5-3-11-4-9-5/h3-4H,1-2H2,(H,8,10). The molecule has 0 spiro atoms. The zero-order valence-electron chi connectivity index (χ0n) is 5.71. The first-order chi connectivity index (χ1) is 5.33. The molecule has 0 aliphatic carbocycles. The van der Waals surface area contributed by atoms with Gasteiger partial charge >= 0.3 is 0 Å². The zero-order valence-corrected chi connectivity index (χ0v) is 7.28. The van der Waals surface area contributed by atoms with E-state index in [4.69, 9.17) is 11.6 Å². The molecule has 1 aromatic heterocycles. The molecule has 0 saturated heterocycles. The Morgan fingerprint density at radius 2 is 2.64 bits per heavy atom. The minimum absolute atomic E-state index is 0.00410. The van der Waals surface area contributed by atoms with E-state index >= 15 is 0 Å². The van der Waals surface area contributed by atoms with Crippen molar-refractivity contribution in [1.82, 2.24) is 10.3 Å². The molecule has 1 heterocycles. The summed E-state index contributed by atoms with van der Waals surface area (Å²) in [5, 5.41) is 4.49. The Labute approximate surface area is 73.4 Å². The van der Waals surface area contributed by atoms with E-state index in [1.165, 1.54) is 11.3 Å². The Bertz CT molecular complexity index is 224. The fourth-order valence-electron chi connectivity index (χ4n) is 0.561. The second-order valence-corrected chi connectivity index (χ2v) is 2.88. The third-order valence-corrected chi connectivity index (χ3v) is 1.95. The van der Waals surface area contributed by atoms with Gasteiger partial charge in [0.25, 0.3) is 0 Å². The number of amides is 1. The van der Waals surface area contributed by atoms with Crippen molar-refractivity contribution < 1.29 is 4.79 Å². The molecule has 0 bridgehead atoms. The van der Waals surface area contributed by atoms with Gasteiger partial charge < -0.3 is 5.32 Å². The fraction of sp³-hybridized carbons (Fsp3) is 0.333. The van der Waals surface area contributed by atoms with Crippen molar-refractivity contribution in [2.45, 2.75) is 6.54 Å². The minimum atomic E-state index is -0.167. The number of carbonyl (C=O) groups excluding carboxylic acids is 1. The van der Waals surface area contributed by atoms with E-state index in [2.05, 4.69) is 10.3 Å². The molecule has 0 aliphatic rings. The van der Waals surface area contributed by atoms with Gasteiger partial charge in [0.15, 0.2) is 0 Å². The lowest BCUT2D eigenvalue weighted by molar-refractivity contribution is -0.118. The number of hydrogen-bond acceptors (Lipinski definition) is 3. The summed E-state index contributed by atoms with van der Waals surface area (Å²) in [6.07, 6.45) is 0. The molecule has 11 heavy (non-hydrogen) atoms.